The van der Waals surface area contributed by atoms with Crippen LogP contribution in [0.2, 0.25) is 0 Å². The molecule has 0 atom stereocenters. The fourth-order valence-corrected chi connectivity index (χ4v) is 2.73. The Hall–Kier alpha value is -1.82. The van der Waals surface area contributed by atoms with Gasteiger partial charge in [-0.1, -0.05) is 43.8 Å². The van der Waals surface area contributed by atoms with Crippen LogP contribution in [0.5, 0.6) is 0 Å². The number of halogens is 1. The number of aromatic nitrogens is 2. The Morgan fingerprint density at radius 1 is 1.43 bits per heavy atom. The van der Waals surface area contributed by atoms with Crippen molar-refractivity contribution in [2.45, 2.75) is 31.5 Å². The van der Waals surface area contributed by atoms with Crippen LogP contribution in [-0.4, -0.2) is 26.4 Å². The molecule has 1 heterocycles. The van der Waals surface area contributed by atoms with Gasteiger partial charge in [0.05, 0.1) is 12.3 Å². The molecule has 112 valence electrons. The number of imidazole rings is 1. The number of rotatable bonds is 6. The fourth-order valence-electron chi connectivity index (χ4n) is 2.03. The topological polar surface area (TPSA) is 55.1 Å². The molecule has 0 aliphatic rings. The highest BCUT2D eigenvalue weighted by molar-refractivity contribution is 7.99. The lowest BCUT2D eigenvalue weighted by Gasteiger charge is -2.14. The standard InChI is InChI=1S/C15H17FN2O2S/c1-10(2)13-7-17-15(21-9-14(19)20)18(13)8-11-5-3-4-6-12(11)16/h3-7,10H,8-9H2,1-2H3,(H,19,20). The van der Waals surface area contributed by atoms with Gasteiger partial charge in [0.1, 0.15) is 5.82 Å². The number of benzene rings is 1. The van der Waals surface area contributed by atoms with E-state index < -0.39 is 5.97 Å². The number of carbonyl (C=O) groups is 1. The predicted octanol–water partition coefficient (Wildman–Crippen LogP) is 3.37. The Bertz CT molecular complexity index is 640. The van der Waals surface area contributed by atoms with E-state index in [-0.39, 0.29) is 17.5 Å². The molecule has 1 aromatic carbocycles. The van der Waals surface area contributed by atoms with Gasteiger partial charge in [0, 0.05) is 17.5 Å². The first kappa shape index (κ1) is 15.6. The van der Waals surface area contributed by atoms with Crippen molar-refractivity contribution in [3.8, 4) is 0 Å². The summed E-state index contributed by atoms with van der Waals surface area (Å²) in [5.74, 6) is -1.00. The Balaban J connectivity index is 2.32. The molecule has 0 bridgehead atoms. The lowest BCUT2D eigenvalue weighted by molar-refractivity contribution is -0.133. The predicted molar refractivity (Wildman–Crippen MR) is 80.2 cm³/mol. The van der Waals surface area contributed by atoms with E-state index in [1.165, 1.54) is 6.07 Å². The van der Waals surface area contributed by atoms with Crippen LogP contribution in [0.25, 0.3) is 0 Å². The van der Waals surface area contributed by atoms with Crippen molar-refractivity contribution < 1.29 is 14.3 Å². The van der Waals surface area contributed by atoms with Crippen LogP contribution in [-0.2, 0) is 11.3 Å². The molecule has 0 aliphatic heterocycles. The minimum Gasteiger partial charge on any atom is -0.481 e. The minimum absolute atomic E-state index is 0.0637. The highest BCUT2D eigenvalue weighted by atomic mass is 32.2. The first-order valence-electron chi connectivity index (χ1n) is 6.62. The van der Waals surface area contributed by atoms with Crippen LogP contribution in [0.4, 0.5) is 4.39 Å². The van der Waals surface area contributed by atoms with E-state index in [4.69, 9.17) is 5.11 Å². The molecule has 21 heavy (non-hydrogen) atoms. The monoisotopic (exact) mass is 308 g/mol. The van der Waals surface area contributed by atoms with Gasteiger partial charge in [-0.05, 0) is 12.0 Å². The minimum atomic E-state index is -0.897. The second-order valence-electron chi connectivity index (χ2n) is 4.98. The van der Waals surface area contributed by atoms with E-state index in [1.54, 1.807) is 24.4 Å². The van der Waals surface area contributed by atoms with E-state index in [1.807, 2.05) is 18.4 Å². The summed E-state index contributed by atoms with van der Waals surface area (Å²) < 4.78 is 15.7. The van der Waals surface area contributed by atoms with Crippen molar-refractivity contribution in [1.82, 2.24) is 9.55 Å². The molecule has 1 N–H and O–H groups in total. The summed E-state index contributed by atoms with van der Waals surface area (Å²) in [6.07, 6.45) is 1.73. The van der Waals surface area contributed by atoms with Crippen molar-refractivity contribution in [2.24, 2.45) is 0 Å². The molecule has 0 fully saturated rings. The van der Waals surface area contributed by atoms with Crippen LogP contribution in [0.1, 0.15) is 31.0 Å². The summed E-state index contributed by atoms with van der Waals surface area (Å²) >= 11 is 1.15. The first-order valence-corrected chi connectivity index (χ1v) is 7.61. The Morgan fingerprint density at radius 2 is 2.14 bits per heavy atom. The maximum absolute atomic E-state index is 13.8. The lowest BCUT2D eigenvalue weighted by atomic mass is 10.1. The number of nitrogens with zero attached hydrogens (tertiary/aromatic N) is 2. The van der Waals surface area contributed by atoms with Gasteiger partial charge in [-0.25, -0.2) is 9.37 Å². The van der Waals surface area contributed by atoms with Gasteiger partial charge >= 0.3 is 5.97 Å². The molecular weight excluding hydrogens is 291 g/mol. The Morgan fingerprint density at radius 3 is 2.76 bits per heavy atom. The van der Waals surface area contributed by atoms with Gasteiger partial charge in [0.25, 0.3) is 0 Å². The average molecular weight is 308 g/mol. The second-order valence-corrected chi connectivity index (χ2v) is 5.92. The number of carboxylic acid groups (broad SMARTS) is 1. The molecule has 4 nitrogen and oxygen atoms in total. The van der Waals surface area contributed by atoms with E-state index in [0.29, 0.717) is 17.3 Å². The molecule has 1 aromatic heterocycles. The van der Waals surface area contributed by atoms with Gasteiger partial charge in [0.2, 0.25) is 0 Å². The first-order chi connectivity index (χ1) is 9.99. The van der Waals surface area contributed by atoms with E-state index >= 15 is 0 Å². The zero-order valence-corrected chi connectivity index (χ0v) is 12.7. The zero-order valence-electron chi connectivity index (χ0n) is 11.9. The van der Waals surface area contributed by atoms with Crippen LogP contribution < -0.4 is 0 Å². The van der Waals surface area contributed by atoms with Crippen LogP contribution in [0.3, 0.4) is 0 Å². The number of hydrogen-bond acceptors (Lipinski definition) is 3. The number of carboxylic acids is 1. The third-order valence-electron chi connectivity index (χ3n) is 3.05. The molecule has 0 saturated heterocycles. The summed E-state index contributed by atoms with van der Waals surface area (Å²) in [6.45, 7) is 4.41. The molecule has 2 rings (SSSR count). The van der Waals surface area contributed by atoms with Gasteiger partial charge in [0.15, 0.2) is 5.16 Å². The second kappa shape index (κ2) is 6.76. The summed E-state index contributed by atoms with van der Waals surface area (Å²) in [5.41, 5.74) is 1.53. The smallest absolute Gasteiger partial charge is 0.313 e. The quantitative estimate of drug-likeness (QED) is 0.831. The van der Waals surface area contributed by atoms with Crippen LogP contribution in [0, 0.1) is 5.82 Å². The maximum atomic E-state index is 13.8. The van der Waals surface area contributed by atoms with Crippen LogP contribution >= 0.6 is 11.8 Å². The maximum Gasteiger partial charge on any atom is 0.313 e. The summed E-state index contributed by atoms with van der Waals surface area (Å²) in [6, 6.07) is 6.58. The molecule has 0 saturated carbocycles. The lowest BCUT2D eigenvalue weighted by Crippen LogP contribution is -2.09. The molecule has 0 aliphatic carbocycles. The van der Waals surface area contributed by atoms with Gasteiger partial charge in [-0.15, -0.1) is 0 Å². The van der Waals surface area contributed by atoms with Crippen molar-refractivity contribution in [2.75, 3.05) is 5.75 Å². The molecule has 2 aromatic rings. The molecular formula is C15H17FN2O2S. The summed E-state index contributed by atoms with van der Waals surface area (Å²) in [4.78, 5) is 15.0. The SMILES string of the molecule is CC(C)c1cnc(SCC(=O)O)n1Cc1ccccc1F. The van der Waals surface area contributed by atoms with Crippen molar-refractivity contribution in [1.29, 1.82) is 0 Å². The van der Waals surface area contributed by atoms with Crippen LogP contribution in [0.15, 0.2) is 35.6 Å². The zero-order chi connectivity index (χ0) is 15.4. The molecule has 6 heteroatoms. The number of thioether (sulfide) groups is 1. The van der Waals surface area contributed by atoms with Gasteiger partial charge in [-0.2, -0.15) is 0 Å². The van der Waals surface area contributed by atoms with Crippen molar-refractivity contribution in [3.05, 3.63) is 47.5 Å². The number of aliphatic carboxylic acids is 1. The van der Waals surface area contributed by atoms with Gasteiger partial charge in [-0.3, -0.25) is 4.79 Å². The van der Waals surface area contributed by atoms with E-state index in [2.05, 4.69) is 4.98 Å². The van der Waals surface area contributed by atoms with Crippen molar-refractivity contribution in [3.63, 3.8) is 0 Å². The number of hydrogen-bond donors (Lipinski definition) is 1. The molecule has 0 unspecified atom stereocenters. The van der Waals surface area contributed by atoms with E-state index in [0.717, 1.165) is 17.5 Å². The average Bonchev–Trinajstić information content (AvgIpc) is 2.82. The summed E-state index contributed by atoms with van der Waals surface area (Å²) in [5, 5.41) is 9.40. The third-order valence-corrected chi connectivity index (χ3v) is 4.03. The highest BCUT2D eigenvalue weighted by Gasteiger charge is 2.15. The fraction of sp³-hybridized carbons (Fsp3) is 0.333. The molecule has 0 radical (unpaired) electrons. The molecule has 0 amide bonds. The van der Waals surface area contributed by atoms with Gasteiger partial charge < -0.3 is 9.67 Å². The molecule has 0 spiro atoms. The Kier molecular flexibility index (Phi) is 5.01. The normalized spacial score (nSPS) is 11.0. The Labute approximate surface area is 127 Å². The van der Waals surface area contributed by atoms with Crippen molar-refractivity contribution >= 4 is 17.7 Å². The highest BCUT2D eigenvalue weighted by Crippen LogP contribution is 2.25. The third kappa shape index (κ3) is 3.85. The summed E-state index contributed by atoms with van der Waals surface area (Å²) in [7, 11) is 0. The largest absolute Gasteiger partial charge is 0.481 e. The van der Waals surface area contributed by atoms with E-state index in [9.17, 15) is 9.18 Å².